The molecule has 0 saturated carbocycles. The molecule has 2 heterocycles. The SMILES string of the molecule is COC(=O)C1CC(=O)N(c2nc3cc(Br)ccc3o2)C1. The second kappa shape index (κ2) is 4.90. The third kappa shape index (κ3) is 2.18. The number of methoxy groups -OCH3 is 1. The number of halogens is 1. The molecule has 0 radical (unpaired) electrons. The molecule has 1 atom stereocenters. The molecule has 1 aliphatic heterocycles. The van der Waals surface area contributed by atoms with Crippen molar-refractivity contribution in [2.24, 2.45) is 5.92 Å². The maximum absolute atomic E-state index is 12.0. The molecule has 2 aromatic rings. The standard InChI is InChI=1S/C13H11BrN2O4/c1-19-12(18)7-4-11(17)16(6-7)13-15-9-5-8(14)2-3-10(9)20-13/h2-3,5,7H,4,6H2,1H3. The van der Waals surface area contributed by atoms with Crippen molar-refractivity contribution in [3.05, 3.63) is 22.7 Å². The lowest BCUT2D eigenvalue weighted by molar-refractivity contribution is -0.145. The van der Waals surface area contributed by atoms with Gasteiger partial charge in [0.25, 0.3) is 0 Å². The van der Waals surface area contributed by atoms with Crippen molar-refractivity contribution in [2.45, 2.75) is 6.42 Å². The predicted molar refractivity (Wildman–Crippen MR) is 74.2 cm³/mol. The highest BCUT2D eigenvalue weighted by Gasteiger charge is 2.38. The molecule has 20 heavy (non-hydrogen) atoms. The highest BCUT2D eigenvalue weighted by Crippen LogP contribution is 2.29. The van der Waals surface area contributed by atoms with Crippen LogP contribution in [-0.4, -0.2) is 30.5 Å². The van der Waals surface area contributed by atoms with Crippen molar-refractivity contribution in [3.63, 3.8) is 0 Å². The maximum Gasteiger partial charge on any atom is 0.311 e. The minimum Gasteiger partial charge on any atom is -0.469 e. The number of amides is 1. The maximum atomic E-state index is 12.0. The first-order valence-corrected chi connectivity index (χ1v) is 6.82. The Kier molecular flexibility index (Phi) is 3.21. The van der Waals surface area contributed by atoms with Gasteiger partial charge >= 0.3 is 12.0 Å². The molecule has 1 fully saturated rings. The van der Waals surface area contributed by atoms with Crippen molar-refractivity contribution in [2.75, 3.05) is 18.6 Å². The van der Waals surface area contributed by atoms with Gasteiger partial charge in [0.1, 0.15) is 5.52 Å². The Balaban J connectivity index is 1.91. The van der Waals surface area contributed by atoms with Gasteiger partial charge in [-0.05, 0) is 18.2 Å². The molecule has 104 valence electrons. The normalized spacial score (nSPS) is 18.8. The molecule has 1 unspecified atom stereocenters. The fraction of sp³-hybridized carbons (Fsp3) is 0.308. The highest BCUT2D eigenvalue weighted by molar-refractivity contribution is 9.10. The Morgan fingerprint density at radius 1 is 1.55 bits per heavy atom. The van der Waals surface area contributed by atoms with Crippen molar-refractivity contribution in [3.8, 4) is 0 Å². The lowest BCUT2D eigenvalue weighted by Gasteiger charge is -2.10. The molecule has 1 aromatic heterocycles. The van der Waals surface area contributed by atoms with Crippen LogP contribution in [0.25, 0.3) is 11.1 Å². The Hall–Kier alpha value is -1.89. The average molecular weight is 339 g/mol. The molecule has 0 bridgehead atoms. The molecule has 1 saturated heterocycles. The number of carbonyl (C=O) groups excluding carboxylic acids is 2. The van der Waals surface area contributed by atoms with Gasteiger partial charge in [0, 0.05) is 17.4 Å². The van der Waals surface area contributed by atoms with Crippen LogP contribution in [0.3, 0.4) is 0 Å². The van der Waals surface area contributed by atoms with E-state index in [2.05, 4.69) is 25.7 Å². The summed E-state index contributed by atoms with van der Waals surface area (Å²) in [6.45, 7) is 0.236. The zero-order valence-corrected chi connectivity index (χ0v) is 12.2. The molecule has 1 aliphatic rings. The van der Waals surface area contributed by atoms with Crippen molar-refractivity contribution in [1.82, 2.24) is 4.98 Å². The first-order chi connectivity index (χ1) is 9.58. The molecule has 1 amide bonds. The summed E-state index contributed by atoms with van der Waals surface area (Å²) in [4.78, 5) is 29.1. The Morgan fingerprint density at radius 3 is 3.10 bits per heavy atom. The Labute approximate surface area is 122 Å². The number of ether oxygens (including phenoxy) is 1. The molecule has 0 spiro atoms. The van der Waals surface area contributed by atoms with Crippen LogP contribution in [0.1, 0.15) is 6.42 Å². The zero-order chi connectivity index (χ0) is 14.3. The van der Waals surface area contributed by atoms with E-state index in [1.807, 2.05) is 6.07 Å². The molecule has 6 nitrogen and oxygen atoms in total. The van der Waals surface area contributed by atoms with E-state index in [1.54, 1.807) is 12.1 Å². The number of fused-ring (bicyclic) bond motifs is 1. The lowest BCUT2D eigenvalue weighted by Crippen LogP contribution is -2.26. The summed E-state index contributed by atoms with van der Waals surface area (Å²) in [6, 6.07) is 5.63. The van der Waals surface area contributed by atoms with E-state index in [4.69, 9.17) is 4.42 Å². The van der Waals surface area contributed by atoms with Crippen LogP contribution in [0.15, 0.2) is 27.1 Å². The number of oxazole rings is 1. The second-order valence-electron chi connectivity index (χ2n) is 4.54. The first-order valence-electron chi connectivity index (χ1n) is 6.03. The number of anilines is 1. The third-order valence-electron chi connectivity index (χ3n) is 3.23. The number of nitrogens with zero attached hydrogens (tertiary/aromatic N) is 2. The quantitative estimate of drug-likeness (QED) is 0.784. The second-order valence-corrected chi connectivity index (χ2v) is 5.45. The molecule has 0 N–H and O–H groups in total. The third-order valence-corrected chi connectivity index (χ3v) is 3.72. The number of hydrogen-bond donors (Lipinski definition) is 0. The summed E-state index contributed by atoms with van der Waals surface area (Å²) in [5.41, 5.74) is 1.25. The molecule has 0 aliphatic carbocycles. The van der Waals surface area contributed by atoms with E-state index in [0.717, 1.165) is 4.47 Å². The van der Waals surface area contributed by atoms with Gasteiger partial charge in [-0.15, -0.1) is 0 Å². The first kappa shape index (κ1) is 13.1. The van der Waals surface area contributed by atoms with E-state index < -0.39 is 5.92 Å². The summed E-state index contributed by atoms with van der Waals surface area (Å²) < 4.78 is 11.1. The molecule has 1 aromatic carbocycles. The molecular formula is C13H11BrN2O4. The summed E-state index contributed by atoms with van der Waals surface area (Å²) in [5.74, 6) is -1.04. The minimum absolute atomic E-state index is 0.120. The average Bonchev–Trinajstić information content (AvgIpc) is 3.00. The number of hydrogen-bond acceptors (Lipinski definition) is 5. The van der Waals surface area contributed by atoms with Gasteiger partial charge in [-0.2, -0.15) is 4.98 Å². The minimum atomic E-state index is -0.464. The largest absolute Gasteiger partial charge is 0.469 e. The highest BCUT2D eigenvalue weighted by atomic mass is 79.9. The topological polar surface area (TPSA) is 72.6 Å². The number of rotatable bonds is 2. The van der Waals surface area contributed by atoms with Crippen LogP contribution in [0, 0.1) is 5.92 Å². The Morgan fingerprint density at radius 2 is 2.35 bits per heavy atom. The van der Waals surface area contributed by atoms with Gasteiger partial charge in [-0.1, -0.05) is 15.9 Å². The Bertz CT molecular complexity index is 697. The van der Waals surface area contributed by atoms with Crippen LogP contribution in [0.2, 0.25) is 0 Å². The van der Waals surface area contributed by atoms with Gasteiger partial charge in [-0.25, -0.2) is 0 Å². The molecule has 3 rings (SSSR count). The van der Waals surface area contributed by atoms with E-state index in [1.165, 1.54) is 12.0 Å². The molecule has 7 heteroatoms. The van der Waals surface area contributed by atoms with E-state index in [-0.39, 0.29) is 30.9 Å². The summed E-state index contributed by atoms with van der Waals surface area (Å²) in [7, 11) is 1.31. The number of carbonyl (C=O) groups is 2. The number of benzene rings is 1. The number of esters is 1. The smallest absolute Gasteiger partial charge is 0.311 e. The van der Waals surface area contributed by atoms with Crippen LogP contribution < -0.4 is 4.90 Å². The van der Waals surface area contributed by atoms with Crippen LogP contribution in [0.5, 0.6) is 0 Å². The lowest BCUT2D eigenvalue weighted by atomic mass is 10.1. The fourth-order valence-electron chi connectivity index (χ4n) is 2.22. The predicted octanol–water partition coefficient (Wildman–Crippen LogP) is 2.12. The summed E-state index contributed by atoms with van der Waals surface area (Å²) >= 11 is 3.35. The van der Waals surface area contributed by atoms with Gasteiger partial charge in [0.15, 0.2) is 5.58 Å². The van der Waals surface area contributed by atoms with Crippen molar-refractivity contribution in [1.29, 1.82) is 0 Å². The van der Waals surface area contributed by atoms with Crippen molar-refractivity contribution < 1.29 is 18.7 Å². The van der Waals surface area contributed by atoms with Gasteiger partial charge < -0.3 is 9.15 Å². The number of aromatic nitrogens is 1. The van der Waals surface area contributed by atoms with Crippen molar-refractivity contribution >= 4 is 44.9 Å². The van der Waals surface area contributed by atoms with E-state index in [0.29, 0.717) is 11.1 Å². The van der Waals surface area contributed by atoms with E-state index >= 15 is 0 Å². The summed E-state index contributed by atoms with van der Waals surface area (Å²) in [6.07, 6.45) is 0.120. The fourth-order valence-corrected chi connectivity index (χ4v) is 2.57. The van der Waals surface area contributed by atoms with Gasteiger partial charge in [-0.3, -0.25) is 14.5 Å². The zero-order valence-electron chi connectivity index (χ0n) is 10.6. The van der Waals surface area contributed by atoms with Crippen LogP contribution in [-0.2, 0) is 14.3 Å². The van der Waals surface area contributed by atoms with Crippen LogP contribution in [0.4, 0.5) is 6.01 Å². The molecular weight excluding hydrogens is 328 g/mol. The van der Waals surface area contributed by atoms with Crippen LogP contribution >= 0.6 is 15.9 Å². The monoisotopic (exact) mass is 338 g/mol. The van der Waals surface area contributed by atoms with Gasteiger partial charge in [0.2, 0.25) is 5.91 Å². The van der Waals surface area contributed by atoms with E-state index in [9.17, 15) is 9.59 Å². The van der Waals surface area contributed by atoms with Gasteiger partial charge in [0.05, 0.1) is 13.0 Å². The summed E-state index contributed by atoms with van der Waals surface area (Å²) in [5, 5.41) is 0.